The van der Waals surface area contributed by atoms with Gasteiger partial charge in [0.25, 0.3) is 5.24 Å². The lowest BCUT2D eigenvalue weighted by Gasteiger charge is -2.26. The fourth-order valence-corrected chi connectivity index (χ4v) is 3.30. The van der Waals surface area contributed by atoms with Gasteiger partial charge >= 0.3 is 0 Å². The molecule has 16 heavy (non-hydrogen) atoms. The van der Waals surface area contributed by atoms with Crippen molar-refractivity contribution < 1.29 is 9.59 Å². The number of carbonyl (C=O) groups is 2. The summed E-state index contributed by atoms with van der Waals surface area (Å²) in [6, 6.07) is 0.0712. The number of nitrogens with one attached hydrogen (secondary N) is 1. The minimum absolute atomic E-state index is 0.0707. The van der Waals surface area contributed by atoms with Crippen molar-refractivity contribution >= 4 is 22.9 Å². The molecule has 0 aromatic heterocycles. The lowest BCUT2D eigenvalue weighted by atomic mass is 10.1. The zero-order valence-corrected chi connectivity index (χ0v) is 10.5. The van der Waals surface area contributed by atoms with Crippen molar-refractivity contribution in [3.63, 3.8) is 0 Å². The van der Waals surface area contributed by atoms with Crippen molar-refractivity contribution in [3.05, 3.63) is 0 Å². The molecule has 2 heterocycles. The molecule has 0 aliphatic carbocycles. The molecule has 2 amide bonds. The summed E-state index contributed by atoms with van der Waals surface area (Å²) >= 11 is 1.20. The number of amides is 2. The molecule has 0 spiro atoms. The first-order valence-corrected chi connectivity index (χ1v) is 6.84. The maximum atomic E-state index is 12.2. The van der Waals surface area contributed by atoms with Crippen LogP contribution in [0.15, 0.2) is 0 Å². The van der Waals surface area contributed by atoms with Crippen LogP contribution in [0.2, 0.25) is 0 Å². The van der Waals surface area contributed by atoms with Crippen molar-refractivity contribution in [1.82, 2.24) is 10.2 Å². The smallest absolute Gasteiger partial charge is 0.279 e. The number of hydrogen-bond donors (Lipinski definition) is 1. The third-order valence-electron chi connectivity index (χ3n) is 3.35. The van der Waals surface area contributed by atoms with Gasteiger partial charge in [-0.2, -0.15) is 0 Å². The lowest BCUT2D eigenvalue weighted by molar-refractivity contribution is -0.133. The molecule has 2 fully saturated rings. The summed E-state index contributed by atoms with van der Waals surface area (Å²) in [5.41, 5.74) is 0. The van der Waals surface area contributed by atoms with E-state index in [2.05, 4.69) is 19.2 Å². The third kappa shape index (κ3) is 2.19. The van der Waals surface area contributed by atoms with E-state index in [9.17, 15) is 9.59 Å². The Morgan fingerprint density at radius 1 is 1.62 bits per heavy atom. The molecule has 3 atom stereocenters. The SMILES string of the molecule is CCC1CC(C)CN1C(=O)C1CSC(=O)N1. The number of rotatable bonds is 2. The molecular formula is C11H18N2O2S. The van der Waals surface area contributed by atoms with Crippen LogP contribution in [0.25, 0.3) is 0 Å². The van der Waals surface area contributed by atoms with E-state index in [1.165, 1.54) is 11.8 Å². The first kappa shape index (κ1) is 11.8. The number of likely N-dealkylation sites (tertiary alicyclic amines) is 1. The van der Waals surface area contributed by atoms with E-state index >= 15 is 0 Å². The van der Waals surface area contributed by atoms with Crippen LogP contribution in [0.4, 0.5) is 4.79 Å². The average Bonchev–Trinajstić information content (AvgIpc) is 2.83. The van der Waals surface area contributed by atoms with Crippen LogP contribution in [0, 0.1) is 5.92 Å². The maximum absolute atomic E-state index is 12.2. The minimum Gasteiger partial charge on any atom is -0.338 e. The van der Waals surface area contributed by atoms with E-state index in [-0.39, 0.29) is 17.2 Å². The van der Waals surface area contributed by atoms with Gasteiger partial charge < -0.3 is 10.2 Å². The molecule has 3 unspecified atom stereocenters. The zero-order chi connectivity index (χ0) is 11.7. The second-order valence-electron chi connectivity index (χ2n) is 4.69. The predicted molar refractivity (Wildman–Crippen MR) is 64.4 cm³/mol. The second kappa shape index (κ2) is 4.65. The van der Waals surface area contributed by atoms with Crippen LogP contribution < -0.4 is 5.32 Å². The first-order chi connectivity index (χ1) is 7.61. The van der Waals surface area contributed by atoms with Gasteiger partial charge in [-0.05, 0) is 18.8 Å². The molecule has 4 nitrogen and oxygen atoms in total. The Kier molecular flexibility index (Phi) is 3.42. The quantitative estimate of drug-likeness (QED) is 0.797. The Morgan fingerprint density at radius 3 is 2.94 bits per heavy atom. The second-order valence-corrected chi connectivity index (χ2v) is 5.68. The van der Waals surface area contributed by atoms with Crippen LogP contribution in [0.3, 0.4) is 0 Å². The maximum Gasteiger partial charge on any atom is 0.279 e. The fraction of sp³-hybridized carbons (Fsp3) is 0.818. The molecule has 2 rings (SSSR count). The Morgan fingerprint density at radius 2 is 2.38 bits per heavy atom. The van der Waals surface area contributed by atoms with E-state index in [1.807, 2.05) is 4.90 Å². The van der Waals surface area contributed by atoms with Crippen molar-refractivity contribution in [3.8, 4) is 0 Å². The Hall–Kier alpha value is -0.710. The predicted octanol–water partition coefficient (Wildman–Crippen LogP) is 1.46. The summed E-state index contributed by atoms with van der Waals surface area (Å²) in [7, 11) is 0. The Bertz CT molecular complexity index is 308. The van der Waals surface area contributed by atoms with Crippen molar-refractivity contribution in [2.24, 2.45) is 5.92 Å². The van der Waals surface area contributed by atoms with Gasteiger partial charge in [0, 0.05) is 18.3 Å². The van der Waals surface area contributed by atoms with Gasteiger partial charge in [0.05, 0.1) is 0 Å². The summed E-state index contributed by atoms with van der Waals surface area (Å²) in [4.78, 5) is 25.2. The summed E-state index contributed by atoms with van der Waals surface area (Å²) in [5.74, 6) is 1.27. The monoisotopic (exact) mass is 242 g/mol. The molecule has 0 bridgehead atoms. The molecule has 0 saturated carbocycles. The lowest BCUT2D eigenvalue weighted by Crippen LogP contribution is -2.47. The Labute approximate surface area is 100 Å². The first-order valence-electron chi connectivity index (χ1n) is 5.85. The summed E-state index contributed by atoms with van der Waals surface area (Å²) in [5, 5.41) is 2.65. The summed E-state index contributed by atoms with van der Waals surface area (Å²) < 4.78 is 0. The van der Waals surface area contributed by atoms with E-state index in [0.29, 0.717) is 17.7 Å². The molecule has 2 aliphatic rings. The van der Waals surface area contributed by atoms with E-state index < -0.39 is 0 Å². The van der Waals surface area contributed by atoms with Gasteiger partial charge in [-0.25, -0.2) is 0 Å². The zero-order valence-electron chi connectivity index (χ0n) is 9.73. The standard InChI is InChI=1S/C11H18N2O2S/c1-3-8-4-7(2)5-13(8)10(14)9-6-16-11(15)12-9/h7-9H,3-6H2,1-2H3,(H,12,15). The molecule has 0 aromatic carbocycles. The third-order valence-corrected chi connectivity index (χ3v) is 4.23. The fourth-order valence-electron chi connectivity index (χ4n) is 2.53. The van der Waals surface area contributed by atoms with Gasteiger partial charge in [-0.15, -0.1) is 0 Å². The van der Waals surface area contributed by atoms with Crippen LogP contribution in [0.5, 0.6) is 0 Å². The van der Waals surface area contributed by atoms with Crippen molar-refractivity contribution in [1.29, 1.82) is 0 Å². The van der Waals surface area contributed by atoms with E-state index in [4.69, 9.17) is 0 Å². The van der Waals surface area contributed by atoms with Gasteiger partial charge in [-0.3, -0.25) is 9.59 Å². The minimum atomic E-state index is -0.295. The largest absolute Gasteiger partial charge is 0.338 e. The van der Waals surface area contributed by atoms with Gasteiger partial charge in [0.1, 0.15) is 6.04 Å². The van der Waals surface area contributed by atoms with Gasteiger partial charge in [0.2, 0.25) is 5.91 Å². The molecule has 0 radical (unpaired) electrons. The highest BCUT2D eigenvalue weighted by Gasteiger charge is 2.38. The number of nitrogens with zero attached hydrogens (tertiary/aromatic N) is 1. The molecule has 2 saturated heterocycles. The number of carbonyl (C=O) groups excluding carboxylic acids is 2. The highest BCUT2D eigenvalue weighted by Crippen LogP contribution is 2.27. The number of thioether (sulfide) groups is 1. The van der Waals surface area contributed by atoms with Crippen molar-refractivity contribution in [2.75, 3.05) is 12.3 Å². The topological polar surface area (TPSA) is 49.4 Å². The van der Waals surface area contributed by atoms with E-state index in [0.717, 1.165) is 19.4 Å². The highest BCUT2D eigenvalue weighted by molar-refractivity contribution is 8.14. The average molecular weight is 242 g/mol. The molecule has 5 heteroatoms. The molecule has 1 N–H and O–H groups in total. The molecule has 2 aliphatic heterocycles. The van der Waals surface area contributed by atoms with Crippen LogP contribution in [-0.4, -0.2) is 40.4 Å². The van der Waals surface area contributed by atoms with Crippen LogP contribution in [0.1, 0.15) is 26.7 Å². The number of hydrogen-bond acceptors (Lipinski definition) is 3. The summed E-state index contributed by atoms with van der Waals surface area (Å²) in [6.45, 7) is 5.14. The normalized spacial score (nSPS) is 34.2. The summed E-state index contributed by atoms with van der Waals surface area (Å²) in [6.07, 6.45) is 2.10. The van der Waals surface area contributed by atoms with Crippen LogP contribution in [-0.2, 0) is 4.79 Å². The molecule has 0 aromatic rings. The van der Waals surface area contributed by atoms with Gasteiger partial charge in [0.15, 0.2) is 0 Å². The Balaban J connectivity index is 2.01. The van der Waals surface area contributed by atoms with Gasteiger partial charge in [-0.1, -0.05) is 25.6 Å². The van der Waals surface area contributed by atoms with Crippen LogP contribution >= 0.6 is 11.8 Å². The molecule has 90 valence electrons. The van der Waals surface area contributed by atoms with E-state index in [1.54, 1.807) is 0 Å². The van der Waals surface area contributed by atoms with Crippen molar-refractivity contribution in [2.45, 2.75) is 38.8 Å². The molecular weight excluding hydrogens is 224 g/mol. The highest BCUT2D eigenvalue weighted by atomic mass is 32.2.